The molecule has 0 saturated heterocycles. The molecule has 0 aromatic heterocycles. The smallest absolute Gasteiger partial charge is 0.312 e. The number of hydrogen-bond acceptors (Lipinski definition) is 2. The highest BCUT2D eigenvalue weighted by Gasteiger charge is 2.28. The minimum atomic E-state index is -1.57. The van der Waals surface area contributed by atoms with Gasteiger partial charge in [-0.2, -0.15) is 0 Å². The lowest BCUT2D eigenvalue weighted by molar-refractivity contribution is -0.138. The van der Waals surface area contributed by atoms with E-state index in [1.807, 2.05) is 0 Å². The van der Waals surface area contributed by atoms with E-state index < -0.39 is 17.6 Å². The van der Waals surface area contributed by atoms with Gasteiger partial charge in [0.05, 0.1) is 5.92 Å². The minimum absolute atomic E-state index is 0.0393. The van der Waals surface area contributed by atoms with Gasteiger partial charge >= 0.3 is 5.97 Å². The molecule has 4 heteroatoms. The average molecular weight is 225 g/mol. The van der Waals surface area contributed by atoms with Crippen LogP contribution >= 0.6 is 0 Å². The minimum Gasteiger partial charge on any atom is -0.481 e. The predicted molar refractivity (Wildman–Crippen MR) is 60.0 cm³/mol. The molecule has 0 bridgehead atoms. The molecule has 1 rings (SSSR count). The zero-order valence-corrected chi connectivity index (χ0v) is 9.40. The summed E-state index contributed by atoms with van der Waals surface area (Å²) in [5.41, 5.74) is 4.68. The van der Waals surface area contributed by atoms with Gasteiger partial charge in [-0.15, -0.1) is 0 Å². The van der Waals surface area contributed by atoms with Gasteiger partial charge in [0.2, 0.25) is 0 Å². The highest BCUT2D eigenvalue weighted by atomic mass is 19.1. The van der Waals surface area contributed by atoms with Crippen molar-refractivity contribution in [3.63, 3.8) is 0 Å². The highest BCUT2D eigenvalue weighted by molar-refractivity contribution is 5.77. The first-order valence-corrected chi connectivity index (χ1v) is 5.09. The molecule has 3 N–H and O–H groups in total. The Hall–Kier alpha value is -1.42. The normalized spacial score (nSPS) is 13.5. The van der Waals surface area contributed by atoms with Gasteiger partial charge in [0.25, 0.3) is 0 Å². The Morgan fingerprint density at radius 2 is 2.06 bits per heavy atom. The van der Waals surface area contributed by atoms with E-state index in [4.69, 9.17) is 10.8 Å². The Balaban J connectivity index is 3.27. The molecule has 0 heterocycles. The van der Waals surface area contributed by atoms with Gasteiger partial charge in [-0.25, -0.2) is 4.39 Å². The monoisotopic (exact) mass is 225 g/mol. The predicted octanol–water partition coefficient (Wildman–Crippen LogP) is 2.02. The molecular formula is C12H16FNO2. The molecule has 0 saturated carbocycles. The summed E-state index contributed by atoms with van der Waals surface area (Å²) in [6.45, 7) is 2.77. The fraction of sp³-hybridized carbons (Fsp3) is 0.417. The van der Waals surface area contributed by atoms with Crippen molar-refractivity contribution in [2.24, 2.45) is 5.73 Å². The van der Waals surface area contributed by atoms with Crippen LogP contribution in [0.3, 0.4) is 0 Å². The summed E-state index contributed by atoms with van der Waals surface area (Å²) < 4.78 is 13.9. The van der Waals surface area contributed by atoms with Gasteiger partial charge in [-0.3, -0.25) is 4.79 Å². The maximum absolute atomic E-state index is 13.9. The number of halogens is 1. The second kappa shape index (κ2) is 4.61. The Kier molecular flexibility index (Phi) is 3.65. The van der Waals surface area contributed by atoms with Crippen LogP contribution in [-0.4, -0.2) is 17.6 Å². The number of benzene rings is 1. The third-order valence-corrected chi connectivity index (χ3v) is 2.51. The Morgan fingerprint density at radius 1 is 1.50 bits per heavy atom. The molecule has 1 aromatic carbocycles. The molecule has 88 valence electrons. The zero-order chi connectivity index (χ0) is 12.3. The first-order chi connectivity index (χ1) is 7.38. The Morgan fingerprint density at radius 3 is 2.50 bits per heavy atom. The van der Waals surface area contributed by atoms with E-state index in [-0.39, 0.29) is 6.54 Å². The van der Waals surface area contributed by atoms with Gasteiger partial charge < -0.3 is 10.8 Å². The van der Waals surface area contributed by atoms with Crippen molar-refractivity contribution >= 4 is 5.97 Å². The van der Waals surface area contributed by atoms with Crippen molar-refractivity contribution in [2.45, 2.75) is 25.4 Å². The summed E-state index contributed by atoms with van der Waals surface area (Å²) in [5, 5.41) is 9.01. The topological polar surface area (TPSA) is 63.3 Å². The van der Waals surface area contributed by atoms with Crippen LogP contribution in [0, 0.1) is 0 Å². The first kappa shape index (κ1) is 12.6. The molecule has 1 atom stereocenters. The fourth-order valence-electron chi connectivity index (χ4n) is 1.70. The number of carboxylic acids is 1. The van der Waals surface area contributed by atoms with Crippen molar-refractivity contribution in [1.29, 1.82) is 0 Å². The zero-order valence-electron chi connectivity index (χ0n) is 9.40. The van der Waals surface area contributed by atoms with Crippen LogP contribution in [0.1, 0.15) is 30.9 Å². The number of carboxylic acid groups (broad SMARTS) is 1. The number of alkyl halides is 1. The molecule has 16 heavy (non-hydrogen) atoms. The molecule has 0 radical (unpaired) electrons. The first-order valence-electron chi connectivity index (χ1n) is 5.09. The lowest BCUT2D eigenvalue weighted by Crippen LogP contribution is -2.25. The second-order valence-corrected chi connectivity index (χ2v) is 4.19. The molecule has 0 fully saturated rings. The van der Waals surface area contributed by atoms with Crippen molar-refractivity contribution in [2.75, 3.05) is 6.54 Å². The molecule has 0 aliphatic carbocycles. The summed E-state index contributed by atoms with van der Waals surface area (Å²) in [4.78, 5) is 11.0. The van der Waals surface area contributed by atoms with Crippen molar-refractivity contribution in [1.82, 2.24) is 0 Å². The van der Waals surface area contributed by atoms with E-state index in [1.54, 1.807) is 24.3 Å². The number of carbonyl (C=O) groups is 1. The maximum atomic E-state index is 13.9. The van der Waals surface area contributed by atoms with E-state index in [0.29, 0.717) is 11.1 Å². The molecule has 0 amide bonds. The summed E-state index contributed by atoms with van der Waals surface area (Å²) in [5.74, 6) is -1.88. The van der Waals surface area contributed by atoms with Crippen LogP contribution in [0.15, 0.2) is 24.3 Å². The van der Waals surface area contributed by atoms with Crippen LogP contribution in [0.2, 0.25) is 0 Å². The van der Waals surface area contributed by atoms with E-state index in [9.17, 15) is 9.18 Å². The van der Waals surface area contributed by atoms with Gasteiger partial charge in [0.15, 0.2) is 0 Å². The molecule has 3 nitrogen and oxygen atoms in total. The Bertz CT molecular complexity index is 385. The van der Waals surface area contributed by atoms with Crippen molar-refractivity contribution < 1.29 is 14.3 Å². The summed E-state index contributed by atoms with van der Waals surface area (Å²) in [6, 6.07) is 6.59. The number of hydrogen-bond donors (Lipinski definition) is 2. The fourth-order valence-corrected chi connectivity index (χ4v) is 1.70. The van der Waals surface area contributed by atoms with Gasteiger partial charge in [0.1, 0.15) is 5.67 Å². The van der Waals surface area contributed by atoms with E-state index >= 15 is 0 Å². The Labute approximate surface area is 94.1 Å². The van der Waals surface area contributed by atoms with Crippen LogP contribution in [0.5, 0.6) is 0 Å². The highest BCUT2D eigenvalue weighted by Crippen LogP contribution is 2.31. The summed E-state index contributed by atoms with van der Waals surface area (Å²) in [7, 11) is 0. The number of rotatable bonds is 4. The molecule has 0 aliphatic heterocycles. The molecule has 0 aliphatic rings. The SMILES string of the molecule is CC(C)(F)c1ccccc1C(CN)C(=O)O. The van der Waals surface area contributed by atoms with Crippen LogP contribution in [0.25, 0.3) is 0 Å². The standard InChI is InChI=1S/C12H16FNO2/c1-12(2,13)10-6-4-3-5-8(10)9(7-14)11(15)16/h3-6,9H,7,14H2,1-2H3,(H,15,16). The average Bonchev–Trinajstić information content (AvgIpc) is 2.17. The van der Waals surface area contributed by atoms with Crippen LogP contribution < -0.4 is 5.73 Å². The van der Waals surface area contributed by atoms with Gasteiger partial charge in [0, 0.05) is 6.54 Å². The number of nitrogens with two attached hydrogens (primary N) is 1. The lowest BCUT2D eigenvalue weighted by Gasteiger charge is -2.22. The number of aliphatic carboxylic acids is 1. The molecule has 0 spiro atoms. The summed E-state index contributed by atoms with van der Waals surface area (Å²) >= 11 is 0. The maximum Gasteiger partial charge on any atom is 0.312 e. The van der Waals surface area contributed by atoms with E-state index in [1.165, 1.54) is 13.8 Å². The molecular weight excluding hydrogens is 209 g/mol. The van der Waals surface area contributed by atoms with E-state index in [0.717, 1.165) is 0 Å². The largest absolute Gasteiger partial charge is 0.481 e. The third kappa shape index (κ3) is 2.58. The van der Waals surface area contributed by atoms with Crippen molar-refractivity contribution in [3.05, 3.63) is 35.4 Å². The van der Waals surface area contributed by atoms with E-state index in [2.05, 4.69) is 0 Å². The van der Waals surface area contributed by atoms with Gasteiger partial charge in [-0.05, 0) is 25.0 Å². The van der Waals surface area contributed by atoms with Crippen LogP contribution in [0.4, 0.5) is 4.39 Å². The second-order valence-electron chi connectivity index (χ2n) is 4.19. The van der Waals surface area contributed by atoms with Gasteiger partial charge in [-0.1, -0.05) is 24.3 Å². The third-order valence-electron chi connectivity index (χ3n) is 2.51. The molecule has 1 unspecified atom stereocenters. The quantitative estimate of drug-likeness (QED) is 0.824. The lowest BCUT2D eigenvalue weighted by atomic mass is 9.87. The summed E-state index contributed by atoms with van der Waals surface area (Å²) in [6.07, 6.45) is 0. The van der Waals surface area contributed by atoms with Crippen molar-refractivity contribution in [3.8, 4) is 0 Å². The molecule has 1 aromatic rings. The van der Waals surface area contributed by atoms with Crippen LogP contribution in [-0.2, 0) is 10.5 Å².